The van der Waals surface area contributed by atoms with Gasteiger partial charge in [0.05, 0.1) is 23.6 Å². The van der Waals surface area contributed by atoms with Crippen LogP contribution in [-0.4, -0.2) is 45.3 Å². The van der Waals surface area contributed by atoms with Crippen molar-refractivity contribution in [3.05, 3.63) is 45.4 Å². The zero-order chi connectivity index (χ0) is 22.4. The van der Waals surface area contributed by atoms with E-state index in [0.717, 1.165) is 38.4 Å². The molecule has 1 saturated heterocycles. The number of methoxy groups -OCH3 is 1. The van der Waals surface area contributed by atoms with Gasteiger partial charge in [-0.3, -0.25) is 18.7 Å². The minimum atomic E-state index is -0.856. The number of benzene rings is 1. The third-order valence-corrected chi connectivity index (χ3v) is 8.99. The van der Waals surface area contributed by atoms with Crippen LogP contribution in [0.3, 0.4) is 0 Å². The van der Waals surface area contributed by atoms with Crippen LogP contribution in [-0.2, 0) is 39.0 Å². The Bertz CT molecular complexity index is 1250. The first-order valence-electron chi connectivity index (χ1n) is 10.4. The molecule has 0 N–H and O–H groups in total. The molecule has 5 rings (SSSR count). The Morgan fingerprint density at radius 3 is 2.56 bits per heavy atom. The first-order chi connectivity index (χ1) is 15.5. The predicted octanol–water partition coefficient (Wildman–Crippen LogP) is 4.12. The highest BCUT2D eigenvalue weighted by atomic mass is 35.5. The van der Waals surface area contributed by atoms with Gasteiger partial charge >= 0.3 is 0 Å². The molecule has 9 heteroatoms. The molecule has 0 unspecified atom stereocenters. The Morgan fingerprint density at radius 2 is 1.88 bits per heavy atom. The van der Waals surface area contributed by atoms with E-state index in [-0.39, 0.29) is 31.2 Å². The van der Waals surface area contributed by atoms with Gasteiger partial charge in [0.2, 0.25) is 11.8 Å². The number of carbonyl (C=O) groups is 2. The smallest absolute Gasteiger partial charge is 0.229 e. The third-order valence-electron chi connectivity index (χ3n) is 6.01. The first-order valence-corrected chi connectivity index (χ1v) is 13.1. The number of amides is 2. The van der Waals surface area contributed by atoms with Crippen molar-refractivity contribution in [1.29, 1.82) is 0 Å². The minimum Gasteiger partial charge on any atom is -0.497 e. The van der Waals surface area contributed by atoms with Gasteiger partial charge in [0, 0.05) is 58.2 Å². The number of nitrogens with zero attached hydrogens (tertiary/aromatic N) is 2. The molecule has 1 atom stereocenters. The summed E-state index contributed by atoms with van der Waals surface area (Å²) < 4.78 is 17.5. The van der Waals surface area contributed by atoms with Gasteiger partial charge in [-0.15, -0.1) is 11.3 Å². The Labute approximate surface area is 197 Å². The number of imide groups is 1. The number of fused-ring (bicyclic) bond motifs is 3. The van der Waals surface area contributed by atoms with Crippen LogP contribution < -0.4 is 4.74 Å². The van der Waals surface area contributed by atoms with E-state index < -0.39 is 10.8 Å². The maximum absolute atomic E-state index is 12.2. The lowest BCUT2D eigenvalue weighted by molar-refractivity contribution is -0.138. The molecule has 0 bridgehead atoms. The molecule has 4 heterocycles. The highest BCUT2D eigenvalue weighted by Crippen LogP contribution is 2.44. The number of hydrogen-bond acceptors (Lipinski definition) is 6. The lowest BCUT2D eigenvalue weighted by Crippen LogP contribution is -2.31. The number of aromatic nitrogens is 1. The van der Waals surface area contributed by atoms with Crippen LogP contribution in [0.4, 0.5) is 0 Å². The van der Waals surface area contributed by atoms with Crippen molar-refractivity contribution in [2.24, 2.45) is 0 Å². The Kier molecular flexibility index (Phi) is 5.77. The number of likely N-dealkylation sites (tertiary alicyclic amines) is 1. The van der Waals surface area contributed by atoms with Crippen molar-refractivity contribution < 1.29 is 18.5 Å². The van der Waals surface area contributed by atoms with E-state index in [2.05, 4.69) is 0 Å². The van der Waals surface area contributed by atoms with Gasteiger partial charge in [-0.25, -0.2) is 4.98 Å². The zero-order valence-electron chi connectivity index (χ0n) is 17.5. The normalized spacial score (nSPS) is 18.4. The van der Waals surface area contributed by atoms with Gasteiger partial charge in [-0.1, -0.05) is 23.7 Å². The third kappa shape index (κ3) is 3.74. The van der Waals surface area contributed by atoms with E-state index in [1.807, 2.05) is 24.3 Å². The second-order valence-electron chi connectivity index (χ2n) is 7.89. The maximum atomic E-state index is 12.2. The van der Waals surface area contributed by atoms with Gasteiger partial charge < -0.3 is 4.74 Å². The van der Waals surface area contributed by atoms with Gasteiger partial charge in [-0.05, 0) is 29.7 Å². The van der Waals surface area contributed by atoms with E-state index >= 15 is 0 Å². The summed E-state index contributed by atoms with van der Waals surface area (Å²) >= 11 is 8.51. The fourth-order valence-electron chi connectivity index (χ4n) is 4.36. The fraction of sp³-hybridized carbons (Fsp3) is 0.348. The molecule has 6 nitrogen and oxygen atoms in total. The van der Waals surface area contributed by atoms with Crippen LogP contribution in [0.15, 0.2) is 24.3 Å². The summed E-state index contributed by atoms with van der Waals surface area (Å²) in [5.41, 5.74) is 3.70. The van der Waals surface area contributed by atoms with Crippen molar-refractivity contribution in [2.75, 3.05) is 19.4 Å². The number of hydrogen-bond donors (Lipinski definition) is 0. The van der Waals surface area contributed by atoms with Crippen LogP contribution in [0.25, 0.3) is 21.3 Å². The van der Waals surface area contributed by atoms with E-state index in [0.29, 0.717) is 28.6 Å². The van der Waals surface area contributed by atoms with Crippen molar-refractivity contribution in [1.82, 2.24) is 9.88 Å². The molecular formula is C23H21ClN2O4S2. The van der Waals surface area contributed by atoms with Crippen molar-refractivity contribution in [3.63, 3.8) is 0 Å². The van der Waals surface area contributed by atoms with Crippen molar-refractivity contribution >= 4 is 55.8 Å². The summed E-state index contributed by atoms with van der Waals surface area (Å²) in [6, 6.07) is 7.74. The molecule has 2 amide bonds. The van der Waals surface area contributed by atoms with Crippen LogP contribution in [0, 0.1) is 0 Å². The Morgan fingerprint density at radius 1 is 1.16 bits per heavy atom. The lowest BCUT2D eigenvalue weighted by atomic mass is 9.97. The molecule has 2 aromatic heterocycles. The van der Waals surface area contributed by atoms with Crippen LogP contribution in [0.2, 0.25) is 5.02 Å². The number of halogens is 1. The highest BCUT2D eigenvalue weighted by molar-refractivity contribution is 7.84. The van der Waals surface area contributed by atoms with Crippen LogP contribution >= 0.6 is 22.9 Å². The fourth-order valence-corrected chi connectivity index (χ4v) is 7.42. The molecule has 1 fully saturated rings. The molecule has 32 heavy (non-hydrogen) atoms. The zero-order valence-corrected chi connectivity index (χ0v) is 19.9. The molecule has 0 saturated carbocycles. The Hall–Kier alpha value is -2.29. The summed E-state index contributed by atoms with van der Waals surface area (Å²) in [4.78, 5) is 32.2. The molecule has 0 spiro atoms. The largest absolute Gasteiger partial charge is 0.497 e. The highest BCUT2D eigenvalue weighted by Gasteiger charge is 2.30. The van der Waals surface area contributed by atoms with Gasteiger partial charge in [-0.2, -0.15) is 0 Å². The van der Waals surface area contributed by atoms with Crippen molar-refractivity contribution in [2.45, 2.75) is 31.4 Å². The summed E-state index contributed by atoms with van der Waals surface area (Å²) in [5.74, 6) is 1.65. The van der Waals surface area contributed by atoms with E-state index in [1.54, 1.807) is 18.4 Å². The topological polar surface area (TPSA) is 76.6 Å². The molecule has 2 aliphatic rings. The number of pyridine rings is 1. The van der Waals surface area contributed by atoms with Gasteiger partial charge in [0.1, 0.15) is 10.6 Å². The summed E-state index contributed by atoms with van der Waals surface area (Å²) in [6.07, 6.45) is 1.67. The average Bonchev–Trinajstić information content (AvgIpc) is 3.30. The second-order valence-corrected chi connectivity index (χ2v) is 10.9. The number of rotatable bonds is 5. The molecule has 3 aromatic rings. The van der Waals surface area contributed by atoms with Crippen LogP contribution in [0.5, 0.6) is 5.75 Å². The molecule has 1 aromatic carbocycles. The lowest BCUT2D eigenvalue weighted by Gasteiger charge is -2.17. The molecular weight excluding hydrogens is 468 g/mol. The number of carbonyl (C=O) groups excluding carboxylic acids is 2. The summed E-state index contributed by atoms with van der Waals surface area (Å²) in [7, 11) is 0.770. The Balaban J connectivity index is 1.63. The monoisotopic (exact) mass is 488 g/mol. The number of thiophene rings is 1. The maximum Gasteiger partial charge on any atom is 0.229 e. The summed E-state index contributed by atoms with van der Waals surface area (Å²) in [6.45, 7) is 0.271. The summed E-state index contributed by atoms with van der Waals surface area (Å²) in [5, 5.41) is 1.56. The quantitative estimate of drug-likeness (QED) is 0.505. The molecule has 0 radical (unpaired) electrons. The van der Waals surface area contributed by atoms with E-state index in [1.165, 1.54) is 10.5 Å². The second kappa shape index (κ2) is 8.57. The SMILES string of the molecule is COc1ccc(-c2c(Cl)c(CCN3C(=O)CCC3=O)nc3sc4c(c23)CC[S@](=O)C4)cc1. The molecule has 166 valence electrons. The van der Waals surface area contributed by atoms with E-state index in [4.69, 9.17) is 21.3 Å². The predicted molar refractivity (Wildman–Crippen MR) is 127 cm³/mol. The van der Waals surface area contributed by atoms with Crippen LogP contribution in [0.1, 0.15) is 29.0 Å². The first kappa shape index (κ1) is 21.6. The molecule has 2 aliphatic heterocycles. The van der Waals surface area contributed by atoms with Crippen molar-refractivity contribution in [3.8, 4) is 16.9 Å². The standard InChI is InChI=1S/C23H21ClN2O4S2/c1-30-14-4-2-13(3-5-14)20-21-15-9-11-32(29)12-17(15)31-23(21)25-16(22(20)24)8-10-26-18(27)6-7-19(26)28/h2-5H,6-12H2,1H3/t32-/m0/s1. The number of aryl methyl sites for hydroxylation is 1. The van der Waals surface area contributed by atoms with Gasteiger partial charge in [0.25, 0.3) is 0 Å². The van der Waals surface area contributed by atoms with Gasteiger partial charge in [0.15, 0.2) is 0 Å². The average molecular weight is 489 g/mol. The number of ether oxygens (including phenoxy) is 1. The minimum absolute atomic E-state index is 0.142. The van der Waals surface area contributed by atoms with E-state index in [9.17, 15) is 13.8 Å². The molecule has 0 aliphatic carbocycles.